The van der Waals surface area contributed by atoms with Crippen LogP contribution < -0.4 is 10.2 Å². The van der Waals surface area contributed by atoms with Crippen molar-refractivity contribution < 1.29 is 33.8 Å². The second-order valence-electron chi connectivity index (χ2n) is 12.2. The van der Waals surface area contributed by atoms with E-state index in [2.05, 4.69) is 5.32 Å². The highest BCUT2D eigenvalue weighted by atomic mass is 16.6. The van der Waals surface area contributed by atoms with Crippen molar-refractivity contribution in [2.75, 3.05) is 24.6 Å². The second-order valence-corrected chi connectivity index (χ2v) is 12.2. The fourth-order valence-electron chi connectivity index (χ4n) is 6.98. The number of fused-ring (bicyclic) bond motifs is 2. The number of aryl methyl sites for hydroxylation is 2. The van der Waals surface area contributed by atoms with E-state index >= 15 is 0 Å². The van der Waals surface area contributed by atoms with Crippen molar-refractivity contribution in [1.29, 1.82) is 0 Å². The Kier molecular flexibility index (Phi) is 8.31. The molecule has 2 N–H and O–H groups in total. The molecular weight excluding hydrogens is 538 g/mol. The van der Waals surface area contributed by atoms with Gasteiger partial charge in [-0.15, -0.1) is 0 Å². The molecule has 2 fully saturated rings. The van der Waals surface area contributed by atoms with E-state index in [0.717, 1.165) is 16.8 Å². The van der Waals surface area contributed by atoms with Crippen molar-refractivity contribution in [3.63, 3.8) is 0 Å². The van der Waals surface area contributed by atoms with Crippen molar-refractivity contribution in [2.24, 2.45) is 17.8 Å². The number of rotatable bonds is 4. The molecule has 1 aromatic rings. The zero-order valence-corrected chi connectivity index (χ0v) is 24.9. The van der Waals surface area contributed by atoms with Gasteiger partial charge >= 0.3 is 5.97 Å². The molecule has 0 unspecified atom stereocenters. The number of benzene rings is 1. The third kappa shape index (κ3) is 4.94. The molecule has 0 radical (unpaired) electrons. The van der Waals surface area contributed by atoms with Crippen LogP contribution in [0.5, 0.6) is 0 Å². The molecular formula is C32H41N3O7. The number of cyclic esters (lactones) is 1. The summed E-state index contributed by atoms with van der Waals surface area (Å²) in [5.74, 6) is -3.68. The molecule has 4 aliphatic heterocycles. The van der Waals surface area contributed by atoms with Gasteiger partial charge in [0.25, 0.3) is 5.91 Å². The smallest absolute Gasteiger partial charge is 0.313 e. The van der Waals surface area contributed by atoms with Gasteiger partial charge in [-0.1, -0.05) is 56.4 Å². The van der Waals surface area contributed by atoms with Crippen LogP contribution in [0.4, 0.5) is 5.69 Å². The minimum atomic E-state index is -1.39. The molecule has 10 heteroatoms. The molecule has 42 heavy (non-hydrogen) atoms. The molecule has 5 bridgehead atoms. The van der Waals surface area contributed by atoms with E-state index in [0.29, 0.717) is 6.42 Å². The van der Waals surface area contributed by atoms with Crippen LogP contribution in [0.2, 0.25) is 0 Å². The number of carbonyl (C=O) groups excluding carboxylic acids is 4. The van der Waals surface area contributed by atoms with Gasteiger partial charge in [-0.2, -0.15) is 0 Å². The normalized spacial score (nSPS) is 33.2. The highest BCUT2D eigenvalue weighted by Gasteiger charge is 2.74. The SMILES string of the molecule is Cc1cccc(C)c1N1C/C=C\CCC(=O)NC[C@@H](C)OC(=O)[C@@H]2[C@@H]3C=C[C@]4(O3)[C@H](C1=O)N([C@@H](CO)C(C)C)C(=O)[C@@H]24. The largest absolute Gasteiger partial charge is 0.460 e. The van der Waals surface area contributed by atoms with E-state index < -0.39 is 53.6 Å². The Morgan fingerprint density at radius 1 is 1.10 bits per heavy atom. The average Bonchev–Trinajstić information content (AvgIpc) is 3.57. The number of nitrogens with one attached hydrogen (secondary N) is 1. The standard InChI is InChI=1S/C32H41N3O7/c1-18(2)22(17-36)35-28-30(39)34(27-19(3)10-9-11-20(27)4)15-8-6-7-12-24(37)33-16-21(5)41-31(40)25-23-13-14-32(28,42-23)26(25)29(35)38/h6,8-11,13-14,18,21-23,25-26,28,36H,7,12,15-17H2,1-5H3,(H,33,37)/b8-6-/t21-,22+,23+,25-,26-,28+,32-/m1/s1. The number of hydrogen-bond acceptors (Lipinski definition) is 7. The molecule has 4 aliphatic rings. The van der Waals surface area contributed by atoms with Gasteiger partial charge in [0.1, 0.15) is 23.7 Å². The lowest BCUT2D eigenvalue weighted by Crippen LogP contribution is -2.59. The Balaban J connectivity index is 1.67. The van der Waals surface area contributed by atoms with Gasteiger partial charge in [0.2, 0.25) is 11.8 Å². The molecule has 10 nitrogen and oxygen atoms in total. The minimum absolute atomic E-state index is 0.139. The zero-order chi connectivity index (χ0) is 30.3. The van der Waals surface area contributed by atoms with Crippen LogP contribution in [-0.2, 0) is 28.7 Å². The predicted molar refractivity (Wildman–Crippen MR) is 155 cm³/mol. The van der Waals surface area contributed by atoms with E-state index in [1.807, 2.05) is 58.0 Å². The topological polar surface area (TPSA) is 125 Å². The summed E-state index contributed by atoms with van der Waals surface area (Å²) < 4.78 is 12.2. The summed E-state index contributed by atoms with van der Waals surface area (Å²) in [5.41, 5.74) is 1.10. The first-order valence-corrected chi connectivity index (χ1v) is 14.8. The highest BCUT2D eigenvalue weighted by Crippen LogP contribution is 2.56. The van der Waals surface area contributed by atoms with Crippen LogP contribution in [0.15, 0.2) is 42.5 Å². The summed E-state index contributed by atoms with van der Waals surface area (Å²) in [4.78, 5) is 58.4. The number of allylic oxidation sites excluding steroid dienone is 1. The molecule has 2 saturated heterocycles. The highest BCUT2D eigenvalue weighted by molar-refractivity contribution is 6.06. The maximum Gasteiger partial charge on any atom is 0.313 e. The number of amides is 3. The van der Waals surface area contributed by atoms with Crippen LogP contribution in [0.1, 0.15) is 44.7 Å². The number of nitrogens with zero attached hydrogens (tertiary/aromatic N) is 2. The summed E-state index contributed by atoms with van der Waals surface area (Å²) in [7, 11) is 0. The van der Waals surface area contributed by atoms with Crippen molar-refractivity contribution in [3.8, 4) is 0 Å². The molecule has 1 aromatic carbocycles. The summed E-state index contributed by atoms with van der Waals surface area (Å²) in [6.07, 6.45) is 6.58. The number of anilines is 1. The van der Waals surface area contributed by atoms with Gasteiger partial charge in [0.15, 0.2) is 0 Å². The summed E-state index contributed by atoms with van der Waals surface area (Å²) in [5, 5.41) is 13.3. The van der Waals surface area contributed by atoms with Crippen molar-refractivity contribution in [2.45, 2.75) is 77.4 Å². The van der Waals surface area contributed by atoms with E-state index in [1.54, 1.807) is 24.0 Å². The lowest BCUT2D eigenvalue weighted by molar-refractivity contribution is -0.159. The number of hydrogen-bond donors (Lipinski definition) is 2. The Labute approximate surface area is 246 Å². The van der Waals surface area contributed by atoms with Gasteiger partial charge < -0.3 is 29.7 Å². The van der Waals surface area contributed by atoms with Crippen molar-refractivity contribution in [1.82, 2.24) is 10.2 Å². The molecule has 3 amide bonds. The first-order chi connectivity index (χ1) is 20.0. The third-order valence-electron chi connectivity index (χ3n) is 9.00. The molecule has 4 heterocycles. The fraction of sp³-hybridized carbons (Fsp3) is 0.562. The monoisotopic (exact) mass is 579 g/mol. The fourth-order valence-corrected chi connectivity index (χ4v) is 6.98. The molecule has 0 aromatic heterocycles. The Bertz CT molecular complexity index is 1300. The molecule has 0 saturated carbocycles. The number of ether oxygens (including phenoxy) is 2. The third-order valence-corrected chi connectivity index (χ3v) is 9.00. The first kappa shape index (κ1) is 30.0. The average molecular weight is 580 g/mol. The van der Waals surface area contributed by atoms with Crippen LogP contribution in [-0.4, -0.2) is 83.3 Å². The summed E-state index contributed by atoms with van der Waals surface area (Å²) in [6, 6.07) is 4.00. The van der Waals surface area contributed by atoms with Crippen LogP contribution >= 0.6 is 0 Å². The minimum Gasteiger partial charge on any atom is -0.460 e. The number of carbonyl (C=O) groups is 4. The molecule has 7 atom stereocenters. The Hall–Kier alpha value is -3.50. The van der Waals surface area contributed by atoms with Gasteiger partial charge in [-0.25, -0.2) is 0 Å². The molecule has 1 spiro atoms. The molecule has 226 valence electrons. The van der Waals surface area contributed by atoms with Gasteiger partial charge in [-0.05, 0) is 44.2 Å². The molecule has 0 aliphatic carbocycles. The summed E-state index contributed by atoms with van der Waals surface area (Å²) in [6.45, 7) is 9.32. The van der Waals surface area contributed by atoms with E-state index in [9.17, 15) is 24.3 Å². The van der Waals surface area contributed by atoms with Crippen molar-refractivity contribution in [3.05, 3.63) is 53.6 Å². The van der Waals surface area contributed by atoms with Gasteiger partial charge in [-0.3, -0.25) is 19.2 Å². The second kappa shape index (κ2) is 11.6. The van der Waals surface area contributed by atoms with Gasteiger partial charge in [0.05, 0.1) is 31.2 Å². The van der Waals surface area contributed by atoms with Crippen LogP contribution in [0.25, 0.3) is 0 Å². The van der Waals surface area contributed by atoms with Crippen LogP contribution in [0.3, 0.4) is 0 Å². The lowest BCUT2D eigenvalue weighted by Gasteiger charge is -2.40. The number of aliphatic hydroxyl groups excluding tert-OH is 1. The maximum atomic E-state index is 14.9. The maximum absolute atomic E-state index is 14.9. The predicted octanol–water partition coefficient (Wildman–Crippen LogP) is 2.20. The van der Waals surface area contributed by atoms with E-state index in [-0.39, 0.29) is 43.8 Å². The number of esters is 1. The number of likely N-dealkylation sites (tertiary alicyclic amines) is 1. The Morgan fingerprint density at radius 3 is 2.48 bits per heavy atom. The number of aliphatic hydroxyl groups is 1. The van der Waals surface area contributed by atoms with E-state index in [1.165, 1.54) is 4.90 Å². The number of para-hydroxylation sites is 1. The van der Waals surface area contributed by atoms with Crippen LogP contribution in [0, 0.1) is 31.6 Å². The van der Waals surface area contributed by atoms with Gasteiger partial charge in [0, 0.05) is 18.7 Å². The Morgan fingerprint density at radius 2 is 1.81 bits per heavy atom. The quantitative estimate of drug-likeness (QED) is 0.414. The van der Waals surface area contributed by atoms with E-state index in [4.69, 9.17) is 9.47 Å². The first-order valence-electron chi connectivity index (χ1n) is 14.8. The lowest BCUT2D eigenvalue weighted by atomic mass is 9.74. The van der Waals surface area contributed by atoms with Crippen molar-refractivity contribution >= 4 is 29.4 Å². The summed E-state index contributed by atoms with van der Waals surface area (Å²) >= 11 is 0. The zero-order valence-electron chi connectivity index (χ0n) is 24.9. The molecule has 5 rings (SSSR count).